The number of carbonyl (C=O) groups is 2. The van der Waals surface area contributed by atoms with Gasteiger partial charge < -0.3 is 10.6 Å². The number of amides is 2. The Morgan fingerprint density at radius 2 is 1.33 bits per heavy atom. The summed E-state index contributed by atoms with van der Waals surface area (Å²) in [5.74, 6) is -0.670. The molecule has 2 N–H and O–H groups in total. The zero-order chi connectivity index (χ0) is 16.2. The Kier molecular flexibility index (Phi) is 5.94. The fraction of sp³-hybridized carbons (Fsp3) is 0.529. The van der Waals surface area contributed by atoms with Crippen molar-refractivity contribution in [2.75, 3.05) is 5.32 Å². The highest BCUT2D eigenvalue weighted by molar-refractivity contribution is 6.39. The summed E-state index contributed by atoms with van der Waals surface area (Å²) in [7, 11) is 0. The van der Waals surface area contributed by atoms with Gasteiger partial charge in [-0.15, -0.1) is 0 Å². The van der Waals surface area contributed by atoms with Crippen LogP contribution in [0.3, 0.4) is 0 Å². The van der Waals surface area contributed by atoms with Gasteiger partial charge in [0.1, 0.15) is 0 Å². The van der Waals surface area contributed by atoms with Crippen molar-refractivity contribution in [2.24, 2.45) is 0 Å². The second kappa shape index (κ2) is 7.25. The van der Waals surface area contributed by atoms with Crippen LogP contribution in [0.25, 0.3) is 0 Å². The second-order valence-electron chi connectivity index (χ2n) is 6.20. The molecule has 0 spiro atoms. The molecule has 0 aliphatic heterocycles. The van der Waals surface area contributed by atoms with Crippen molar-refractivity contribution in [3.8, 4) is 0 Å². The Labute approximate surface area is 127 Å². The average Bonchev–Trinajstić information content (AvgIpc) is 2.37. The zero-order valence-corrected chi connectivity index (χ0v) is 13.8. The summed E-state index contributed by atoms with van der Waals surface area (Å²) in [6, 6.07) is 5.92. The van der Waals surface area contributed by atoms with Crippen LogP contribution in [0.4, 0.5) is 5.69 Å². The summed E-state index contributed by atoms with van der Waals surface area (Å²) in [6.07, 6.45) is 0. The van der Waals surface area contributed by atoms with E-state index in [-0.39, 0.29) is 17.9 Å². The minimum absolute atomic E-state index is 0.0619. The highest BCUT2D eigenvalue weighted by atomic mass is 16.2. The van der Waals surface area contributed by atoms with Gasteiger partial charge in [-0.2, -0.15) is 0 Å². The van der Waals surface area contributed by atoms with Gasteiger partial charge in [-0.1, -0.05) is 45.9 Å². The number of para-hydroxylation sites is 1. The van der Waals surface area contributed by atoms with Crippen molar-refractivity contribution in [2.45, 2.75) is 59.4 Å². The summed E-state index contributed by atoms with van der Waals surface area (Å²) < 4.78 is 0. The molecule has 0 aromatic heterocycles. The minimum Gasteiger partial charge on any atom is -0.346 e. The zero-order valence-electron chi connectivity index (χ0n) is 13.8. The molecule has 0 radical (unpaired) electrons. The number of anilines is 1. The maximum atomic E-state index is 12.1. The van der Waals surface area contributed by atoms with E-state index in [1.807, 2.05) is 32.0 Å². The molecule has 0 aliphatic carbocycles. The van der Waals surface area contributed by atoms with Crippen LogP contribution in [0.2, 0.25) is 0 Å². The van der Waals surface area contributed by atoms with Crippen molar-refractivity contribution in [1.82, 2.24) is 5.32 Å². The molecule has 0 heterocycles. The number of nitrogens with one attached hydrogen (secondary N) is 2. The van der Waals surface area contributed by atoms with E-state index in [0.717, 1.165) is 16.8 Å². The summed E-state index contributed by atoms with van der Waals surface area (Å²) in [6.45, 7) is 11.9. The molecule has 0 fully saturated rings. The maximum absolute atomic E-state index is 12.1. The Morgan fingerprint density at radius 3 is 1.71 bits per heavy atom. The van der Waals surface area contributed by atoms with E-state index in [0.29, 0.717) is 0 Å². The van der Waals surface area contributed by atoms with E-state index in [1.54, 1.807) is 0 Å². The largest absolute Gasteiger partial charge is 0.346 e. The molecule has 0 aliphatic rings. The lowest BCUT2D eigenvalue weighted by molar-refractivity contribution is -0.136. The minimum atomic E-state index is -0.612. The lowest BCUT2D eigenvalue weighted by Gasteiger charge is -2.20. The van der Waals surface area contributed by atoms with Crippen LogP contribution in [-0.4, -0.2) is 17.9 Å². The molecule has 1 rings (SSSR count). The molecule has 0 bridgehead atoms. The van der Waals surface area contributed by atoms with Crippen LogP contribution in [0.5, 0.6) is 0 Å². The molecule has 4 heteroatoms. The topological polar surface area (TPSA) is 58.2 Å². The first-order valence-electron chi connectivity index (χ1n) is 7.48. The Balaban J connectivity index is 3.10. The number of benzene rings is 1. The Hall–Kier alpha value is -1.84. The van der Waals surface area contributed by atoms with E-state index in [9.17, 15) is 9.59 Å². The van der Waals surface area contributed by atoms with Crippen LogP contribution in [0.15, 0.2) is 18.2 Å². The molecule has 116 valence electrons. The quantitative estimate of drug-likeness (QED) is 0.835. The van der Waals surface area contributed by atoms with E-state index < -0.39 is 11.8 Å². The third-order valence-electron chi connectivity index (χ3n) is 3.24. The van der Waals surface area contributed by atoms with Crippen molar-refractivity contribution >= 4 is 17.5 Å². The molecule has 0 saturated carbocycles. The highest BCUT2D eigenvalue weighted by Crippen LogP contribution is 2.32. The highest BCUT2D eigenvalue weighted by Gasteiger charge is 2.20. The molecular weight excluding hydrogens is 264 g/mol. The molecule has 21 heavy (non-hydrogen) atoms. The van der Waals surface area contributed by atoms with E-state index >= 15 is 0 Å². The predicted molar refractivity (Wildman–Crippen MR) is 86.5 cm³/mol. The number of hydrogen-bond acceptors (Lipinski definition) is 2. The van der Waals surface area contributed by atoms with Gasteiger partial charge in [0, 0.05) is 11.7 Å². The lowest BCUT2D eigenvalue weighted by Crippen LogP contribution is -2.39. The van der Waals surface area contributed by atoms with Gasteiger partial charge in [-0.05, 0) is 36.8 Å². The number of carbonyl (C=O) groups excluding carboxylic acids is 2. The third-order valence-corrected chi connectivity index (χ3v) is 3.24. The Morgan fingerprint density at radius 1 is 0.857 bits per heavy atom. The first kappa shape index (κ1) is 17.2. The standard InChI is InChI=1S/C17H26N2O2/c1-10(2)13-8-7-9-14(11(3)4)15(13)19-17(21)16(20)18-12(5)6/h7-12H,1-6H3,(H,18,20)(H,19,21). The number of hydrogen-bond donors (Lipinski definition) is 2. The van der Waals surface area contributed by atoms with Gasteiger partial charge in [0.05, 0.1) is 0 Å². The molecule has 0 unspecified atom stereocenters. The summed E-state index contributed by atoms with van der Waals surface area (Å²) in [4.78, 5) is 23.9. The molecule has 4 nitrogen and oxygen atoms in total. The van der Waals surface area contributed by atoms with Gasteiger partial charge in [0.15, 0.2) is 0 Å². The van der Waals surface area contributed by atoms with Gasteiger partial charge in [0.25, 0.3) is 0 Å². The first-order chi connectivity index (χ1) is 9.73. The monoisotopic (exact) mass is 290 g/mol. The van der Waals surface area contributed by atoms with Crippen molar-refractivity contribution < 1.29 is 9.59 Å². The average molecular weight is 290 g/mol. The lowest BCUT2D eigenvalue weighted by atomic mass is 9.92. The predicted octanol–water partition coefficient (Wildman–Crippen LogP) is 3.40. The summed E-state index contributed by atoms with van der Waals surface area (Å²) in [5.41, 5.74) is 2.87. The van der Waals surface area contributed by atoms with E-state index in [4.69, 9.17) is 0 Å². The van der Waals surface area contributed by atoms with Gasteiger partial charge >= 0.3 is 11.8 Å². The summed E-state index contributed by atoms with van der Waals surface area (Å²) in [5, 5.41) is 5.41. The summed E-state index contributed by atoms with van der Waals surface area (Å²) >= 11 is 0. The van der Waals surface area contributed by atoms with Crippen LogP contribution in [0, 0.1) is 0 Å². The van der Waals surface area contributed by atoms with E-state index in [1.165, 1.54) is 0 Å². The third kappa shape index (κ3) is 4.59. The number of rotatable bonds is 4. The first-order valence-corrected chi connectivity index (χ1v) is 7.48. The maximum Gasteiger partial charge on any atom is 0.313 e. The van der Waals surface area contributed by atoms with Crippen molar-refractivity contribution in [3.63, 3.8) is 0 Å². The van der Waals surface area contributed by atoms with Crippen molar-refractivity contribution in [1.29, 1.82) is 0 Å². The van der Waals surface area contributed by atoms with Crippen LogP contribution >= 0.6 is 0 Å². The van der Waals surface area contributed by atoms with Gasteiger partial charge in [-0.25, -0.2) is 0 Å². The van der Waals surface area contributed by atoms with E-state index in [2.05, 4.69) is 38.3 Å². The van der Waals surface area contributed by atoms with Gasteiger partial charge in [0.2, 0.25) is 0 Å². The fourth-order valence-corrected chi connectivity index (χ4v) is 2.19. The molecule has 1 aromatic rings. The van der Waals surface area contributed by atoms with Gasteiger partial charge in [-0.3, -0.25) is 9.59 Å². The molecule has 0 saturated heterocycles. The SMILES string of the molecule is CC(C)NC(=O)C(=O)Nc1c(C(C)C)cccc1C(C)C. The van der Waals surface area contributed by atoms with Crippen LogP contribution < -0.4 is 10.6 Å². The van der Waals surface area contributed by atoms with Crippen LogP contribution in [-0.2, 0) is 9.59 Å². The Bertz CT molecular complexity index is 493. The molecule has 1 aromatic carbocycles. The second-order valence-corrected chi connectivity index (χ2v) is 6.20. The molecule has 0 atom stereocenters. The molecular formula is C17H26N2O2. The smallest absolute Gasteiger partial charge is 0.313 e. The van der Waals surface area contributed by atoms with Crippen molar-refractivity contribution in [3.05, 3.63) is 29.3 Å². The normalized spacial score (nSPS) is 11.1. The fourth-order valence-electron chi connectivity index (χ4n) is 2.19. The molecule has 2 amide bonds. The van der Waals surface area contributed by atoms with Crippen LogP contribution in [0.1, 0.15) is 64.5 Å².